The van der Waals surface area contributed by atoms with Crippen molar-refractivity contribution >= 4 is 29.1 Å². The minimum Gasteiger partial charge on any atom is -0.351 e. The molecule has 0 bridgehead atoms. The minimum absolute atomic E-state index is 0.0141. The number of anilines is 1. The Kier molecular flexibility index (Phi) is 7.63. The molecule has 0 aromatic heterocycles. The fraction of sp³-hybridized carbons (Fsp3) is 0.364. The van der Waals surface area contributed by atoms with E-state index in [1.165, 1.54) is 0 Å². The number of aryl methyl sites for hydroxylation is 1. The van der Waals surface area contributed by atoms with Gasteiger partial charge in [0.25, 0.3) is 0 Å². The van der Waals surface area contributed by atoms with Gasteiger partial charge in [0.05, 0.1) is 13.1 Å². The first-order chi connectivity index (χ1) is 14.0. The molecular weight excluding hydrogens is 388 g/mol. The van der Waals surface area contributed by atoms with E-state index in [1.807, 2.05) is 55.5 Å². The quantitative estimate of drug-likeness (QED) is 0.730. The third-order valence-electron chi connectivity index (χ3n) is 4.97. The molecule has 0 atom stereocenters. The molecule has 3 rings (SSSR count). The summed E-state index contributed by atoms with van der Waals surface area (Å²) in [4.78, 5) is 28.7. The average molecular weight is 415 g/mol. The maximum atomic E-state index is 12.2. The van der Waals surface area contributed by atoms with E-state index >= 15 is 0 Å². The highest BCUT2D eigenvalue weighted by Gasteiger charge is 2.20. The summed E-state index contributed by atoms with van der Waals surface area (Å²) in [6, 6.07) is 15.3. The second-order valence-electron chi connectivity index (χ2n) is 7.33. The number of nitrogens with one attached hydrogen (secondary N) is 2. The van der Waals surface area contributed by atoms with Crippen molar-refractivity contribution in [3.05, 3.63) is 64.7 Å². The van der Waals surface area contributed by atoms with Crippen LogP contribution in [0.1, 0.15) is 11.1 Å². The molecule has 0 aliphatic carbocycles. The van der Waals surface area contributed by atoms with Gasteiger partial charge in [0.1, 0.15) is 0 Å². The van der Waals surface area contributed by atoms with E-state index in [0.29, 0.717) is 24.7 Å². The molecule has 1 aliphatic rings. The number of amides is 2. The Hall–Kier alpha value is -2.41. The Morgan fingerprint density at radius 2 is 1.48 bits per heavy atom. The summed E-state index contributed by atoms with van der Waals surface area (Å²) in [7, 11) is 0. The molecule has 1 aliphatic heterocycles. The second kappa shape index (κ2) is 10.4. The van der Waals surface area contributed by atoms with Crippen molar-refractivity contribution in [3.63, 3.8) is 0 Å². The van der Waals surface area contributed by atoms with Gasteiger partial charge >= 0.3 is 0 Å². The van der Waals surface area contributed by atoms with Crippen molar-refractivity contribution < 1.29 is 9.59 Å². The van der Waals surface area contributed by atoms with E-state index in [4.69, 9.17) is 11.6 Å². The molecule has 7 heteroatoms. The zero-order valence-corrected chi connectivity index (χ0v) is 17.4. The van der Waals surface area contributed by atoms with Crippen molar-refractivity contribution in [2.24, 2.45) is 0 Å². The van der Waals surface area contributed by atoms with Crippen molar-refractivity contribution in [2.75, 3.05) is 44.6 Å². The molecule has 1 fully saturated rings. The molecule has 154 valence electrons. The topological polar surface area (TPSA) is 64.7 Å². The average Bonchev–Trinajstić information content (AvgIpc) is 2.70. The van der Waals surface area contributed by atoms with Crippen molar-refractivity contribution in [2.45, 2.75) is 13.5 Å². The first kappa shape index (κ1) is 21.3. The van der Waals surface area contributed by atoms with Gasteiger partial charge in [-0.3, -0.25) is 19.4 Å². The molecule has 2 amide bonds. The smallest absolute Gasteiger partial charge is 0.238 e. The Morgan fingerprint density at radius 3 is 2.10 bits per heavy atom. The fourth-order valence-corrected chi connectivity index (χ4v) is 3.44. The van der Waals surface area contributed by atoms with E-state index in [-0.39, 0.29) is 11.8 Å². The second-order valence-corrected chi connectivity index (χ2v) is 7.74. The molecule has 2 aromatic rings. The van der Waals surface area contributed by atoms with Crippen LogP contribution in [0.2, 0.25) is 5.02 Å². The van der Waals surface area contributed by atoms with Crippen LogP contribution in [-0.2, 0) is 16.1 Å². The van der Waals surface area contributed by atoms with E-state index in [1.54, 1.807) is 0 Å². The molecule has 1 saturated heterocycles. The molecule has 0 unspecified atom stereocenters. The lowest BCUT2D eigenvalue weighted by atomic mass is 10.2. The number of benzene rings is 2. The number of carbonyl (C=O) groups is 2. The minimum atomic E-state index is -0.0181. The third-order valence-corrected chi connectivity index (χ3v) is 5.34. The van der Waals surface area contributed by atoms with Gasteiger partial charge in [-0.1, -0.05) is 47.5 Å². The van der Waals surface area contributed by atoms with E-state index in [9.17, 15) is 9.59 Å². The van der Waals surface area contributed by atoms with Gasteiger partial charge in [-0.05, 0) is 30.7 Å². The Bertz CT molecular complexity index is 833. The van der Waals surface area contributed by atoms with Crippen LogP contribution in [0.15, 0.2) is 48.5 Å². The Morgan fingerprint density at radius 1 is 0.897 bits per heavy atom. The molecule has 6 nitrogen and oxygen atoms in total. The number of halogens is 1. The number of piperazine rings is 1. The SMILES string of the molecule is Cc1ccc(NC(=O)CN2CCN(CC(=O)NCc3ccccc3Cl)CC2)cc1. The molecule has 0 radical (unpaired) electrons. The molecule has 0 saturated carbocycles. The van der Waals surface area contributed by atoms with Crippen LogP contribution in [0.5, 0.6) is 0 Å². The summed E-state index contributed by atoms with van der Waals surface area (Å²) in [6.07, 6.45) is 0. The largest absolute Gasteiger partial charge is 0.351 e. The maximum absolute atomic E-state index is 12.2. The van der Waals surface area contributed by atoms with Crippen LogP contribution < -0.4 is 10.6 Å². The molecular formula is C22H27ClN4O2. The number of nitrogens with zero attached hydrogens (tertiary/aromatic N) is 2. The number of rotatable bonds is 7. The van der Waals surface area contributed by atoms with Gasteiger partial charge in [-0.15, -0.1) is 0 Å². The summed E-state index contributed by atoms with van der Waals surface area (Å²) in [5.41, 5.74) is 2.89. The number of carbonyl (C=O) groups excluding carboxylic acids is 2. The van der Waals surface area contributed by atoms with E-state index in [0.717, 1.165) is 43.0 Å². The summed E-state index contributed by atoms with van der Waals surface area (Å²) in [5, 5.41) is 6.50. The van der Waals surface area contributed by atoms with Gasteiger partial charge < -0.3 is 10.6 Å². The fourth-order valence-electron chi connectivity index (χ4n) is 3.24. The lowest BCUT2D eigenvalue weighted by molar-refractivity contribution is -0.123. The number of hydrogen-bond acceptors (Lipinski definition) is 4. The van der Waals surface area contributed by atoms with Gasteiger partial charge in [0.15, 0.2) is 0 Å². The van der Waals surface area contributed by atoms with Crippen LogP contribution in [0.4, 0.5) is 5.69 Å². The lowest BCUT2D eigenvalue weighted by Gasteiger charge is -2.33. The van der Waals surface area contributed by atoms with Gasteiger partial charge in [-0.25, -0.2) is 0 Å². The predicted molar refractivity (Wildman–Crippen MR) is 116 cm³/mol. The van der Waals surface area contributed by atoms with Crippen LogP contribution in [0.25, 0.3) is 0 Å². The molecule has 2 aromatic carbocycles. The highest BCUT2D eigenvalue weighted by Crippen LogP contribution is 2.14. The van der Waals surface area contributed by atoms with Crippen molar-refractivity contribution in [1.82, 2.24) is 15.1 Å². The maximum Gasteiger partial charge on any atom is 0.238 e. The highest BCUT2D eigenvalue weighted by atomic mass is 35.5. The van der Waals surface area contributed by atoms with Crippen LogP contribution >= 0.6 is 11.6 Å². The van der Waals surface area contributed by atoms with Crippen LogP contribution in [0.3, 0.4) is 0 Å². The zero-order chi connectivity index (χ0) is 20.6. The van der Waals surface area contributed by atoms with Crippen LogP contribution in [0, 0.1) is 6.92 Å². The molecule has 0 spiro atoms. The Labute approximate surface area is 176 Å². The third kappa shape index (κ3) is 6.85. The number of hydrogen-bond donors (Lipinski definition) is 2. The highest BCUT2D eigenvalue weighted by molar-refractivity contribution is 6.31. The van der Waals surface area contributed by atoms with Gasteiger partial charge in [0, 0.05) is 43.4 Å². The molecule has 2 N–H and O–H groups in total. The summed E-state index contributed by atoms with van der Waals surface area (Å²) in [6.45, 7) is 6.21. The lowest BCUT2D eigenvalue weighted by Crippen LogP contribution is -2.50. The normalized spacial score (nSPS) is 15.1. The molecule has 29 heavy (non-hydrogen) atoms. The first-order valence-electron chi connectivity index (χ1n) is 9.81. The van der Waals surface area contributed by atoms with E-state index < -0.39 is 0 Å². The van der Waals surface area contributed by atoms with Crippen molar-refractivity contribution in [3.8, 4) is 0 Å². The zero-order valence-electron chi connectivity index (χ0n) is 16.7. The summed E-state index contributed by atoms with van der Waals surface area (Å²) >= 11 is 6.12. The molecule has 1 heterocycles. The standard InChI is InChI=1S/C22H27ClN4O2/c1-17-6-8-19(9-7-17)25-22(29)16-27-12-10-26(11-13-27)15-21(28)24-14-18-4-2-3-5-20(18)23/h2-9H,10-16H2,1H3,(H,24,28)(H,25,29). The predicted octanol–water partition coefficient (Wildman–Crippen LogP) is 2.52. The summed E-state index contributed by atoms with van der Waals surface area (Å²) < 4.78 is 0. The van der Waals surface area contributed by atoms with Gasteiger partial charge in [0.2, 0.25) is 11.8 Å². The van der Waals surface area contributed by atoms with Crippen molar-refractivity contribution in [1.29, 1.82) is 0 Å². The Balaban J connectivity index is 1.35. The van der Waals surface area contributed by atoms with Gasteiger partial charge in [-0.2, -0.15) is 0 Å². The van der Waals surface area contributed by atoms with E-state index in [2.05, 4.69) is 20.4 Å². The monoisotopic (exact) mass is 414 g/mol. The van der Waals surface area contributed by atoms with Crippen LogP contribution in [-0.4, -0.2) is 60.9 Å². The summed E-state index contributed by atoms with van der Waals surface area (Å²) in [5.74, 6) is -0.0322. The first-order valence-corrected chi connectivity index (χ1v) is 10.2.